The van der Waals surface area contributed by atoms with Crippen LogP contribution in [0.15, 0.2) is 4.99 Å². The van der Waals surface area contributed by atoms with E-state index < -0.39 is 0 Å². The van der Waals surface area contributed by atoms with Gasteiger partial charge >= 0.3 is 0 Å². The van der Waals surface area contributed by atoms with E-state index in [1.54, 1.807) is 22.8 Å². The summed E-state index contributed by atoms with van der Waals surface area (Å²) in [6, 6.07) is 0. The number of amides is 1. The van der Waals surface area contributed by atoms with E-state index in [2.05, 4.69) is 10.1 Å². The maximum atomic E-state index is 11.5. The van der Waals surface area contributed by atoms with Crippen LogP contribution in [0.2, 0.25) is 0 Å². The summed E-state index contributed by atoms with van der Waals surface area (Å²) >= 11 is 0. The number of nitrogens with zero attached hydrogens (tertiary/aromatic N) is 4. The largest absolute Gasteiger partial charge is 0.298 e. The molecule has 74 valence electrons. The highest BCUT2D eigenvalue weighted by atomic mass is 16.2. The number of aryl methyl sites for hydroxylation is 2. The van der Waals surface area contributed by atoms with Crippen molar-refractivity contribution >= 4 is 17.9 Å². The Kier molecular flexibility index (Phi) is 1.87. The number of hydrogen-bond acceptors (Lipinski definition) is 3. The molecule has 0 atom stereocenters. The smallest absolute Gasteiger partial charge is 0.249 e. The Morgan fingerprint density at radius 1 is 1.43 bits per heavy atom. The fourth-order valence-electron chi connectivity index (χ4n) is 1.65. The molecule has 1 aromatic heterocycles. The van der Waals surface area contributed by atoms with Gasteiger partial charge in [-0.25, -0.2) is 0 Å². The van der Waals surface area contributed by atoms with Crippen LogP contribution in [-0.4, -0.2) is 35.5 Å². The van der Waals surface area contributed by atoms with Crippen molar-refractivity contribution in [1.29, 1.82) is 0 Å². The van der Waals surface area contributed by atoms with E-state index in [4.69, 9.17) is 0 Å². The van der Waals surface area contributed by atoms with Gasteiger partial charge in [0.15, 0.2) is 0 Å². The van der Waals surface area contributed by atoms with Gasteiger partial charge in [-0.1, -0.05) is 0 Å². The van der Waals surface area contributed by atoms with Crippen LogP contribution in [-0.2, 0) is 11.8 Å². The van der Waals surface area contributed by atoms with Crippen LogP contribution in [0.25, 0.3) is 0 Å². The second kappa shape index (κ2) is 2.94. The third kappa shape index (κ3) is 1.13. The Labute approximate surface area is 82.0 Å². The Hall–Kier alpha value is -1.65. The van der Waals surface area contributed by atoms with E-state index in [0.29, 0.717) is 0 Å². The second-order valence-electron chi connectivity index (χ2n) is 3.37. The van der Waals surface area contributed by atoms with E-state index in [1.165, 1.54) is 0 Å². The standard InChI is InChI=1S/C9H12N4O/c1-6-7-4-10-5-8(14)12(2)9(7)13(3)11-6/h4H,5H2,1-3H3. The molecule has 1 aliphatic heterocycles. The molecule has 0 unspecified atom stereocenters. The van der Waals surface area contributed by atoms with Crippen molar-refractivity contribution < 1.29 is 4.79 Å². The van der Waals surface area contributed by atoms with Gasteiger partial charge in [-0.2, -0.15) is 5.10 Å². The zero-order valence-corrected chi connectivity index (χ0v) is 8.48. The number of likely N-dealkylation sites (N-methyl/N-ethyl adjacent to an activating group) is 1. The molecule has 2 rings (SSSR count). The molecule has 14 heavy (non-hydrogen) atoms. The van der Waals surface area contributed by atoms with Crippen molar-refractivity contribution in [3.05, 3.63) is 11.3 Å². The summed E-state index contributed by atoms with van der Waals surface area (Å²) in [5, 5.41) is 4.25. The lowest BCUT2D eigenvalue weighted by Crippen LogP contribution is -2.29. The van der Waals surface area contributed by atoms with Crippen molar-refractivity contribution in [1.82, 2.24) is 9.78 Å². The van der Waals surface area contributed by atoms with Crippen molar-refractivity contribution in [2.75, 3.05) is 18.5 Å². The van der Waals surface area contributed by atoms with Crippen LogP contribution >= 0.6 is 0 Å². The van der Waals surface area contributed by atoms with E-state index >= 15 is 0 Å². The summed E-state index contributed by atoms with van der Waals surface area (Å²) in [4.78, 5) is 17.2. The fraction of sp³-hybridized carbons (Fsp3) is 0.444. The highest BCUT2D eigenvalue weighted by molar-refractivity contribution is 6.02. The third-order valence-electron chi connectivity index (χ3n) is 2.38. The molecule has 0 fully saturated rings. The Morgan fingerprint density at radius 2 is 2.14 bits per heavy atom. The number of aliphatic imine (C=N–C) groups is 1. The van der Waals surface area contributed by atoms with Gasteiger partial charge in [0.25, 0.3) is 0 Å². The van der Waals surface area contributed by atoms with Gasteiger partial charge in [-0.05, 0) is 6.92 Å². The van der Waals surface area contributed by atoms with Crippen molar-refractivity contribution in [2.24, 2.45) is 12.0 Å². The normalized spacial score (nSPS) is 15.6. The molecule has 0 aliphatic carbocycles. The molecular weight excluding hydrogens is 180 g/mol. The van der Waals surface area contributed by atoms with Crippen LogP contribution in [0.1, 0.15) is 11.3 Å². The minimum Gasteiger partial charge on any atom is -0.298 e. The zero-order valence-electron chi connectivity index (χ0n) is 8.48. The summed E-state index contributed by atoms with van der Waals surface area (Å²) in [6.07, 6.45) is 1.72. The first-order valence-corrected chi connectivity index (χ1v) is 4.41. The first-order valence-electron chi connectivity index (χ1n) is 4.41. The second-order valence-corrected chi connectivity index (χ2v) is 3.37. The van der Waals surface area contributed by atoms with E-state index in [-0.39, 0.29) is 12.5 Å². The van der Waals surface area contributed by atoms with Gasteiger partial charge in [0.2, 0.25) is 5.91 Å². The number of aromatic nitrogens is 2. The summed E-state index contributed by atoms with van der Waals surface area (Å²) in [7, 11) is 3.58. The maximum Gasteiger partial charge on any atom is 0.249 e. The topological polar surface area (TPSA) is 50.5 Å². The van der Waals surface area contributed by atoms with Gasteiger partial charge in [0, 0.05) is 20.3 Å². The number of anilines is 1. The quantitative estimate of drug-likeness (QED) is 0.586. The molecule has 1 amide bonds. The summed E-state index contributed by atoms with van der Waals surface area (Å²) < 4.78 is 1.71. The Morgan fingerprint density at radius 3 is 2.86 bits per heavy atom. The fourth-order valence-corrected chi connectivity index (χ4v) is 1.65. The van der Waals surface area contributed by atoms with Crippen molar-refractivity contribution in [3.8, 4) is 0 Å². The molecule has 0 bridgehead atoms. The Balaban J connectivity index is 2.64. The molecule has 0 saturated carbocycles. The van der Waals surface area contributed by atoms with Gasteiger partial charge < -0.3 is 0 Å². The van der Waals surface area contributed by atoms with Crippen LogP contribution in [0, 0.1) is 6.92 Å². The van der Waals surface area contributed by atoms with E-state index in [0.717, 1.165) is 17.1 Å². The molecule has 0 aromatic carbocycles. The third-order valence-corrected chi connectivity index (χ3v) is 2.38. The number of carbonyl (C=O) groups is 1. The minimum absolute atomic E-state index is 0.0111. The molecule has 0 saturated heterocycles. The van der Waals surface area contributed by atoms with Crippen LogP contribution in [0.3, 0.4) is 0 Å². The molecule has 0 radical (unpaired) electrons. The molecule has 1 aromatic rings. The molecule has 0 N–H and O–H groups in total. The molecule has 5 nitrogen and oxygen atoms in total. The molecule has 1 aliphatic rings. The summed E-state index contributed by atoms with van der Waals surface area (Å²) in [5.74, 6) is 0.803. The number of hydrogen-bond donors (Lipinski definition) is 0. The lowest BCUT2D eigenvalue weighted by atomic mass is 10.2. The van der Waals surface area contributed by atoms with Crippen molar-refractivity contribution in [2.45, 2.75) is 6.92 Å². The van der Waals surface area contributed by atoms with Crippen LogP contribution < -0.4 is 4.90 Å². The summed E-state index contributed by atoms with van der Waals surface area (Å²) in [6.45, 7) is 2.12. The van der Waals surface area contributed by atoms with Crippen molar-refractivity contribution in [3.63, 3.8) is 0 Å². The van der Waals surface area contributed by atoms with Gasteiger partial charge in [0.05, 0.1) is 11.3 Å². The van der Waals surface area contributed by atoms with E-state index in [1.807, 2.05) is 14.0 Å². The highest BCUT2D eigenvalue weighted by Crippen LogP contribution is 2.22. The van der Waals surface area contributed by atoms with Crippen LogP contribution in [0.5, 0.6) is 0 Å². The van der Waals surface area contributed by atoms with Crippen LogP contribution in [0.4, 0.5) is 5.82 Å². The SMILES string of the molecule is Cc1nn(C)c2c1C=NCC(=O)N2C. The lowest BCUT2D eigenvalue weighted by molar-refractivity contribution is -0.117. The number of carbonyl (C=O) groups excluding carboxylic acids is 1. The first-order chi connectivity index (χ1) is 6.61. The number of fused-ring (bicyclic) bond motifs is 1. The average Bonchev–Trinajstić information content (AvgIpc) is 2.29. The maximum absolute atomic E-state index is 11.5. The summed E-state index contributed by atoms with van der Waals surface area (Å²) in [5.41, 5.74) is 1.83. The predicted molar refractivity (Wildman–Crippen MR) is 53.8 cm³/mol. The molecule has 5 heteroatoms. The lowest BCUT2D eigenvalue weighted by Gasteiger charge is -2.15. The molecular formula is C9H12N4O. The average molecular weight is 192 g/mol. The molecule has 2 heterocycles. The number of rotatable bonds is 0. The minimum atomic E-state index is -0.0111. The predicted octanol–water partition coefficient (Wildman–Crippen LogP) is 0.124. The Bertz CT molecular complexity index is 419. The van der Waals surface area contributed by atoms with Gasteiger partial charge in [0.1, 0.15) is 12.4 Å². The highest BCUT2D eigenvalue weighted by Gasteiger charge is 2.22. The van der Waals surface area contributed by atoms with Gasteiger partial charge in [-0.3, -0.25) is 19.4 Å². The molecule has 0 spiro atoms. The van der Waals surface area contributed by atoms with Gasteiger partial charge in [-0.15, -0.1) is 0 Å². The van der Waals surface area contributed by atoms with E-state index in [9.17, 15) is 4.79 Å². The first kappa shape index (κ1) is 8.93. The zero-order chi connectivity index (χ0) is 10.3. The monoisotopic (exact) mass is 192 g/mol.